The second-order valence-corrected chi connectivity index (χ2v) is 8.30. The van der Waals surface area contributed by atoms with E-state index in [0.717, 1.165) is 47.7 Å². The molecular formula is C27H26N4O. The van der Waals surface area contributed by atoms with Crippen LogP contribution >= 0.6 is 0 Å². The van der Waals surface area contributed by atoms with Crippen molar-refractivity contribution in [2.24, 2.45) is 0 Å². The van der Waals surface area contributed by atoms with Crippen LogP contribution in [0.25, 0.3) is 0 Å². The summed E-state index contributed by atoms with van der Waals surface area (Å²) < 4.78 is 1.87. The van der Waals surface area contributed by atoms with Crippen LogP contribution < -0.4 is 5.56 Å². The van der Waals surface area contributed by atoms with Gasteiger partial charge in [-0.15, -0.1) is 0 Å². The molecule has 0 aliphatic carbocycles. The van der Waals surface area contributed by atoms with E-state index in [0.29, 0.717) is 6.54 Å². The first-order valence-electron chi connectivity index (χ1n) is 11.0. The van der Waals surface area contributed by atoms with Gasteiger partial charge in [0.2, 0.25) is 0 Å². The molecule has 0 bridgehead atoms. The van der Waals surface area contributed by atoms with E-state index in [1.165, 1.54) is 5.56 Å². The Labute approximate surface area is 188 Å². The summed E-state index contributed by atoms with van der Waals surface area (Å²) in [5.74, 6) is 0.758. The predicted octanol–water partition coefficient (Wildman–Crippen LogP) is 4.14. The lowest BCUT2D eigenvalue weighted by molar-refractivity contribution is 0.240. The Morgan fingerprint density at radius 2 is 1.53 bits per heavy atom. The van der Waals surface area contributed by atoms with E-state index in [2.05, 4.69) is 34.1 Å². The molecule has 0 atom stereocenters. The van der Waals surface area contributed by atoms with E-state index in [1.54, 1.807) is 0 Å². The van der Waals surface area contributed by atoms with Gasteiger partial charge in [-0.1, -0.05) is 60.7 Å². The Bertz CT molecular complexity index is 1210. The molecule has 0 saturated carbocycles. The zero-order valence-corrected chi connectivity index (χ0v) is 18.2. The van der Waals surface area contributed by atoms with E-state index in [-0.39, 0.29) is 11.6 Å². The van der Waals surface area contributed by atoms with Gasteiger partial charge < -0.3 is 0 Å². The minimum Gasteiger partial charge on any atom is -0.294 e. The molecule has 0 saturated heterocycles. The standard InChI is InChI=1S/C27H26N4O/c1-20-29-25-14-17-30(18-21-12-15-28-16-13-21)19-24(25)27(32)31(20)26(22-8-4-2-5-9-22)23-10-6-3-7-11-23/h2-13,15-16,26H,14,17-19H2,1H3. The Balaban J connectivity index is 1.57. The Hall–Kier alpha value is -3.57. The number of fused-ring (bicyclic) bond motifs is 1. The van der Waals surface area contributed by atoms with Crippen LogP contribution in [0.4, 0.5) is 0 Å². The molecule has 0 N–H and O–H groups in total. The first-order chi connectivity index (χ1) is 15.7. The fourth-order valence-electron chi connectivity index (χ4n) is 4.61. The molecular weight excluding hydrogens is 396 g/mol. The maximum atomic E-state index is 13.9. The van der Waals surface area contributed by atoms with Gasteiger partial charge in [-0.25, -0.2) is 4.98 Å². The van der Waals surface area contributed by atoms with Crippen molar-refractivity contribution >= 4 is 0 Å². The van der Waals surface area contributed by atoms with Crippen molar-refractivity contribution in [3.8, 4) is 0 Å². The van der Waals surface area contributed by atoms with Gasteiger partial charge in [0, 0.05) is 38.4 Å². The molecule has 5 nitrogen and oxygen atoms in total. The van der Waals surface area contributed by atoms with Crippen LogP contribution in [0.3, 0.4) is 0 Å². The quantitative estimate of drug-likeness (QED) is 0.485. The highest BCUT2D eigenvalue weighted by molar-refractivity contribution is 5.35. The average molecular weight is 423 g/mol. The minimum absolute atomic E-state index is 0.0598. The number of benzene rings is 2. The van der Waals surface area contributed by atoms with Crippen LogP contribution in [0, 0.1) is 6.92 Å². The van der Waals surface area contributed by atoms with Gasteiger partial charge in [-0.05, 0) is 35.7 Å². The average Bonchev–Trinajstić information content (AvgIpc) is 2.84. The lowest BCUT2D eigenvalue weighted by Crippen LogP contribution is -2.40. The summed E-state index contributed by atoms with van der Waals surface area (Å²) in [6.45, 7) is 4.26. The number of aryl methyl sites for hydroxylation is 1. The molecule has 160 valence electrons. The van der Waals surface area contributed by atoms with Gasteiger partial charge in [0.25, 0.3) is 5.56 Å². The maximum Gasteiger partial charge on any atom is 0.259 e. The lowest BCUT2D eigenvalue weighted by atomic mass is 9.97. The highest BCUT2D eigenvalue weighted by Crippen LogP contribution is 2.27. The summed E-state index contributed by atoms with van der Waals surface area (Å²) >= 11 is 0. The van der Waals surface area contributed by atoms with Crippen molar-refractivity contribution in [1.29, 1.82) is 0 Å². The minimum atomic E-state index is -0.210. The number of nitrogens with zero attached hydrogens (tertiary/aromatic N) is 4. The van der Waals surface area contributed by atoms with Crippen LogP contribution in [0.1, 0.15) is 39.8 Å². The van der Waals surface area contributed by atoms with Crippen LogP contribution in [-0.4, -0.2) is 26.0 Å². The largest absolute Gasteiger partial charge is 0.294 e. The molecule has 0 fully saturated rings. The third-order valence-corrected chi connectivity index (χ3v) is 6.16. The highest BCUT2D eigenvalue weighted by atomic mass is 16.1. The van der Waals surface area contributed by atoms with Crippen LogP contribution in [-0.2, 0) is 19.5 Å². The predicted molar refractivity (Wildman–Crippen MR) is 125 cm³/mol. The second kappa shape index (κ2) is 8.89. The van der Waals surface area contributed by atoms with Crippen molar-refractivity contribution < 1.29 is 0 Å². The van der Waals surface area contributed by atoms with Crippen molar-refractivity contribution in [3.63, 3.8) is 0 Å². The number of rotatable bonds is 5. The zero-order valence-electron chi connectivity index (χ0n) is 18.2. The van der Waals surface area contributed by atoms with Crippen LogP contribution in [0.5, 0.6) is 0 Å². The topological polar surface area (TPSA) is 51.0 Å². The fourth-order valence-corrected chi connectivity index (χ4v) is 4.61. The van der Waals surface area contributed by atoms with E-state index in [1.807, 2.05) is 72.4 Å². The molecule has 2 aromatic carbocycles. The molecule has 0 amide bonds. The first-order valence-corrected chi connectivity index (χ1v) is 11.0. The van der Waals surface area contributed by atoms with Gasteiger partial charge in [0.05, 0.1) is 17.3 Å². The normalized spacial score (nSPS) is 13.8. The summed E-state index contributed by atoms with van der Waals surface area (Å²) in [4.78, 5) is 25.2. The monoisotopic (exact) mass is 422 g/mol. The zero-order chi connectivity index (χ0) is 21.9. The van der Waals surface area contributed by atoms with Crippen LogP contribution in [0.2, 0.25) is 0 Å². The van der Waals surface area contributed by atoms with E-state index in [9.17, 15) is 4.79 Å². The highest BCUT2D eigenvalue weighted by Gasteiger charge is 2.26. The molecule has 0 spiro atoms. The fraction of sp³-hybridized carbons (Fsp3) is 0.222. The van der Waals surface area contributed by atoms with Gasteiger partial charge in [0.15, 0.2) is 0 Å². The number of hydrogen-bond donors (Lipinski definition) is 0. The smallest absolute Gasteiger partial charge is 0.259 e. The van der Waals surface area contributed by atoms with E-state index < -0.39 is 0 Å². The van der Waals surface area contributed by atoms with Gasteiger partial charge in [0.1, 0.15) is 5.82 Å². The molecule has 0 unspecified atom stereocenters. The van der Waals surface area contributed by atoms with E-state index in [4.69, 9.17) is 4.98 Å². The van der Waals surface area contributed by atoms with Crippen molar-refractivity contribution in [3.05, 3.63) is 129 Å². The third-order valence-electron chi connectivity index (χ3n) is 6.16. The van der Waals surface area contributed by atoms with Gasteiger partial charge in [-0.3, -0.25) is 19.2 Å². The van der Waals surface area contributed by atoms with Crippen molar-refractivity contribution in [1.82, 2.24) is 19.4 Å². The molecule has 5 heteroatoms. The number of hydrogen-bond acceptors (Lipinski definition) is 4. The van der Waals surface area contributed by atoms with E-state index >= 15 is 0 Å². The molecule has 1 aliphatic heterocycles. The summed E-state index contributed by atoms with van der Waals surface area (Å²) in [7, 11) is 0. The molecule has 1 aliphatic rings. The van der Waals surface area contributed by atoms with Crippen LogP contribution in [0.15, 0.2) is 90.0 Å². The Morgan fingerprint density at radius 3 is 2.16 bits per heavy atom. The number of aromatic nitrogens is 3. The molecule has 5 rings (SSSR count). The lowest BCUT2D eigenvalue weighted by Gasteiger charge is -2.30. The van der Waals surface area contributed by atoms with Gasteiger partial charge in [-0.2, -0.15) is 0 Å². The summed E-state index contributed by atoms with van der Waals surface area (Å²) in [5.41, 5.74) is 5.17. The Kier molecular flexibility index (Phi) is 5.65. The Morgan fingerprint density at radius 1 is 0.906 bits per heavy atom. The van der Waals surface area contributed by atoms with Gasteiger partial charge >= 0.3 is 0 Å². The first kappa shape index (κ1) is 20.3. The SMILES string of the molecule is Cc1nc2c(c(=O)n1C(c1ccccc1)c1ccccc1)CN(Cc1ccncc1)CC2. The summed E-state index contributed by atoms with van der Waals surface area (Å²) in [5, 5.41) is 0. The van der Waals surface area contributed by atoms with Crippen molar-refractivity contribution in [2.75, 3.05) is 6.54 Å². The molecule has 4 aromatic rings. The molecule has 3 heterocycles. The molecule has 2 aromatic heterocycles. The molecule has 0 radical (unpaired) electrons. The summed E-state index contributed by atoms with van der Waals surface area (Å²) in [6.07, 6.45) is 4.42. The second-order valence-electron chi connectivity index (χ2n) is 8.30. The molecule has 32 heavy (non-hydrogen) atoms. The third kappa shape index (κ3) is 3.99. The van der Waals surface area contributed by atoms with Crippen molar-refractivity contribution in [2.45, 2.75) is 32.5 Å². The summed E-state index contributed by atoms with van der Waals surface area (Å²) in [6, 6.07) is 24.3. The maximum absolute atomic E-state index is 13.9. The number of pyridine rings is 1.